The Morgan fingerprint density at radius 1 is 1.12 bits per heavy atom. The van der Waals surface area contributed by atoms with E-state index in [4.69, 9.17) is 16.3 Å². The highest BCUT2D eigenvalue weighted by molar-refractivity contribution is 6.43. The summed E-state index contributed by atoms with van der Waals surface area (Å²) in [5.74, 6) is 2.55. The van der Waals surface area contributed by atoms with Crippen LogP contribution >= 0.6 is 11.6 Å². The second-order valence-corrected chi connectivity index (χ2v) is 8.98. The molecule has 0 aromatic carbocycles. The van der Waals surface area contributed by atoms with Crippen LogP contribution in [-0.2, 0) is 14.3 Å². The zero-order valence-corrected chi connectivity index (χ0v) is 15.4. The molecule has 3 nitrogen and oxygen atoms in total. The molecule has 0 bridgehead atoms. The molecule has 1 unspecified atom stereocenters. The Morgan fingerprint density at radius 3 is 2.67 bits per heavy atom. The van der Waals surface area contributed by atoms with Crippen LogP contribution in [0.15, 0.2) is 10.6 Å². The second kappa shape index (κ2) is 5.86. The number of carbonyl (C=O) groups is 2. The molecule has 4 rings (SSSR count). The van der Waals surface area contributed by atoms with Crippen LogP contribution in [-0.4, -0.2) is 17.9 Å². The predicted octanol–water partition coefficient (Wildman–Crippen LogP) is 4.63. The van der Waals surface area contributed by atoms with Crippen molar-refractivity contribution in [1.82, 2.24) is 0 Å². The summed E-state index contributed by atoms with van der Waals surface area (Å²) in [6, 6.07) is 0. The number of hydrogen-bond donors (Lipinski definition) is 0. The van der Waals surface area contributed by atoms with Crippen LogP contribution in [0.4, 0.5) is 0 Å². The van der Waals surface area contributed by atoms with Crippen molar-refractivity contribution in [2.24, 2.45) is 29.1 Å². The maximum absolute atomic E-state index is 12.0. The van der Waals surface area contributed by atoms with Gasteiger partial charge in [0.2, 0.25) is 0 Å². The first kappa shape index (κ1) is 16.6. The van der Waals surface area contributed by atoms with Gasteiger partial charge in [0, 0.05) is 18.8 Å². The first-order valence-electron chi connectivity index (χ1n) is 9.50. The largest absolute Gasteiger partial charge is 0.462 e. The fourth-order valence-corrected chi connectivity index (χ4v) is 6.91. The van der Waals surface area contributed by atoms with E-state index >= 15 is 0 Å². The fourth-order valence-electron chi connectivity index (χ4n) is 6.58. The highest BCUT2D eigenvalue weighted by atomic mass is 35.5. The van der Waals surface area contributed by atoms with E-state index in [0.717, 1.165) is 32.1 Å². The SMILES string of the molecule is CC(=O)OC1CC[C@H]2[C@@H]3CCC4=C(Cl)C(=O)CC[C@@H]4[C@H]3CC[C@]12C. The van der Waals surface area contributed by atoms with Crippen molar-refractivity contribution >= 4 is 23.4 Å². The van der Waals surface area contributed by atoms with Crippen molar-refractivity contribution in [2.45, 2.75) is 71.3 Å². The average Bonchev–Trinajstić information content (AvgIpc) is 2.87. The number of fused-ring (bicyclic) bond motifs is 5. The normalized spacial score (nSPS) is 44.6. The third-order valence-corrected chi connectivity index (χ3v) is 8.09. The molecule has 132 valence electrons. The Bertz CT molecular complexity index is 610. The highest BCUT2D eigenvalue weighted by Crippen LogP contribution is 2.62. The van der Waals surface area contributed by atoms with Gasteiger partial charge in [-0.05, 0) is 74.2 Å². The number of allylic oxidation sites excluding steroid dienone is 1. The number of hydrogen-bond acceptors (Lipinski definition) is 3. The zero-order valence-electron chi connectivity index (χ0n) is 14.6. The van der Waals surface area contributed by atoms with Crippen LogP contribution in [0.3, 0.4) is 0 Å². The van der Waals surface area contributed by atoms with E-state index in [1.54, 1.807) is 0 Å². The summed E-state index contributed by atoms with van der Waals surface area (Å²) >= 11 is 6.36. The van der Waals surface area contributed by atoms with Gasteiger partial charge in [0.15, 0.2) is 5.78 Å². The molecule has 0 aromatic rings. The smallest absolute Gasteiger partial charge is 0.302 e. The molecule has 4 aliphatic rings. The van der Waals surface area contributed by atoms with Gasteiger partial charge < -0.3 is 4.74 Å². The lowest BCUT2D eigenvalue weighted by molar-refractivity contribution is -0.156. The quantitative estimate of drug-likeness (QED) is 0.648. The van der Waals surface area contributed by atoms with Crippen LogP contribution in [0.25, 0.3) is 0 Å². The lowest BCUT2D eigenvalue weighted by atomic mass is 9.52. The molecule has 0 aromatic heterocycles. The summed E-state index contributed by atoms with van der Waals surface area (Å²) in [4.78, 5) is 23.4. The number of ether oxygens (including phenoxy) is 1. The van der Waals surface area contributed by atoms with E-state index in [-0.39, 0.29) is 23.3 Å². The molecule has 4 heteroatoms. The molecule has 24 heavy (non-hydrogen) atoms. The van der Waals surface area contributed by atoms with Gasteiger partial charge >= 0.3 is 5.97 Å². The first-order valence-corrected chi connectivity index (χ1v) is 9.88. The monoisotopic (exact) mass is 350 g/mol. The van der Waals surface area contributed by atoms with Gasteiger partial charge in [-0.3, -0.25) is 9.59 Å². The van der Waals surface area contributed by atoms with E-state index in [9.17, 15) is 9.59 Å². The minimum atomic E-state index is -0.143. The number of carbonyl (C=O) groups excluding carboxylic acids is 2. The molecule has 4 aliphatic carbocycles. The van der Waals surface area contributed by atoms with Gasteiger partial charge in [-0.25, -0.2) is 0 Å². The first-order chi connectivity index (χ1) is 11.4. The molecule has 6 atom stereocenters. The van der Waals surface area contributed by atoms with Gasteiger partial charge in [0.25, 0.3) is 0 Å². The van der Waals surface area contributed by atoms with E-state index in [2.05, 4.69) is 6.92 Å². The molecular weight excluding hydrogens is 324 g/mol. The van der Waals surface area contributed by atoms with E-state index in [1.807, 2.05) is 0 Å². The Kier molecular flexibility index (Phi) is 4.06. The summed E-state index contributed by atoms with van der Waals surface area (Å²) < 4.78 is 5.69. The topological polar surface area (TPSA) is 43.4 Å². The van der Waals surface area contributed by atoms with Crippen LogP contribution in [0.2, 0.25) is 0 Å². The third kappa shape index (κ3) is 2.38. The molecule has 0 radical (unpaired) electrons. The minimum Gasteiger partial charge on any atom is -0.462 e. The molecule has 3 fully saturated rings. The van der Waals surface area contributed by atoms with Gasteiger partial charge in [0.05, 0.1) is 5.03 Å². The fraction of sp³-hybridized carbons (Fsp3) is 0.800. The van der Waals surface area contributed by atoms with Crippen molar-refractivity contribution in [3.8, 4) is 0 Å². The third-order valence-electron chi connectivity index (χ3n) is 7.63. The predicted molar refractivity (Wildman–Crippen MR) is 92.4 cm³/mol. The van der Waals surface area contributed by atoms with Crippen molar-refractivity contribution in [1.29, 1.82) is 0 Å². The van der Waals surface area contributed by atoms with Crippen molar-refractivity contribution < 1.29 is 14.3 Å². The lowest BCUT2D eigenvalue weighted by Gasteiger charge is -2.53. The Morgan fingerprint density at radius 2 is 1.92 bits per heavy atom. The number of esters is 1. The molecule has 0 heterocycles. The molecule has 0 N–H and O–H groups in total. The van der Waals surface area contributed by atoms with Gasteiger partial charge in [0.1, 0.15) is 6.10 Å². The highest BCUT2D eigenvalue weighted by Gasteiger charge is 2.57. The van der Waals surface area contributed by atoms with E-state index in [1.165, 1.54) is 25.3 Å². The summed E-state index contributed by atoms with van der Waals surface area (Å²) in [6.45, 7) is 3.87. The number of ketones is 1. The van der Waals surface area contributed by atoms with Gasteiger partial charge in [-0.15, -0.1) is 0 Å². The number of Topliss-reactive ketones (excluding diaryl/α,β-unsaturated/α-hetero) is 1. The average molecular weight is 351 g/mol. The summed E-state index contributed by atoms with van der Waals surface area (Å²) in [5, 5.41) is 0.558. The van der Waals surface area contributed by atoms with Crippen LogP contribution in [0.1, 0.15) is 65.2 Å². The molecule has 0 amide bonds. The molecule has 0 spiro atoms. The minimum absolute atomic E-state index is 0.0920. The van der Waals surface area contributed by atoms with Crippen LogP contribution in [0, 0.1) is 29.1 Å². The summed E-state index contributed by atoms with van der Waals surface area (Å²) in [5.41, 5.74) is 1.40. The second-order valence-electron chi connectivity index (χ2n) is 8.60. The van der Waals surface area contributed by atoms with Gasteiger partial charge in [-0.2, -0.15) is 0 Å². The maximum Gasteiger partial charge on any atom is 0.302 e. The number of rotatable bonds is 1. The number of halogens is 1. The summed E-state index contributed by atoms with van der Waals surface area (Å²) in [7, 11) is 0. The molecule has 0 saturated heterocycles. The van der Waals surface area contributed by atoms with Gasteiger partial charge in [-0.1, -0.05) is 18.5 Å². The van der Waals surface area contributed by atoms with Crippen LogP contribution in [0.5, 0.6) is 0 Å². The van der Waals surface area contributed by atoms with Crippen LogP contribution < -0.4 is 0 Å². The Labute approximate surface area is 149 Å². The van der Waals surface area contributed by atoms with E-state index < -0.39 is 0 Å². The summed E-state index contributed by atoms with van der Waals surface area (Å²) in [6.07, 6.45) is 8.33. The molecular formula is C20H27ClO3. The lowest BCUT2D eigenvalue weighted by Crippen LogP contribution is -2.48. The maximum atomic E-state index is 12.0. The standard InChI is InChI=1S/C20H27ClO3/c1-11(22)24-18-8-6-16-14-3-4-15-12(5-7-17(23)19(15)21)13(14)9-10-20(16,18)2/h12-14,16,18H,3-10H2,1-2H3/t12-,13-,14-,16+,18?,20+/m1/s1. The molecule has 0 aliphatic heterocycles. The van der Waals surface area contributed by atoms with E-state index in [0.29, 0.717) is 35.1 Å². The Hall–Kier alpha value is -0.830. The zero-order chi connectivity index (χ0) is 17.1. The van der Waals surface area contributed by atoms with Crippen molar-refractivity contribution in [2.75, 3.05) is 0 Å². The van der Waals surface area contributed by atoms with Crippen molar-refractivity contribution in [3.63, 3.8) is 0 Å². The Balaban J connectivity index is 1.59. The van der Waals surface area contributed by atoms with Crippen molar-refractivity contribution in [3.05, 3.63) is 10.6 Å². The molecule has 3 saturated carbocycles.